The van der Waals surface area contributed by atoms with E-state index in [1.54, 1.807) is 12.1 Å². The predicted octanol–water partition coefficient (Wildman–Crippen LogP) is 4.37. The molecule has 1 aliphatic rings. The molecule has 0 fully saturated rings. The molecular formula is C18H19FO. The lowest BCUT2D eigenvalue weighted by Gasteiger charge is -2.27. The van der Waals surface area contributed by atoms with E-state index < -0.39 is 6.10 Å². The summed E-state index contributed by atoms with van der Waals surface area (Å²) in [6.07, 6.45) is 3.63. The number of hydrogen-bond acceptors (Lipinski definition) is 1. The zero-order valence-corrected chi connectivity index (χ0v) is 11.4. The molecular weight excluding hydrogens is 251 g/mol. The Morgan fingerprint density at radius 2 is 1.85 bits per heavy atom. The fourth-order valence-corrected chi connectivity index (χ4v) is 3.19. The van der Waals surface area contributed by atoms with Gasteiger partial charge < -0.3 is 5.11 Å². The summed E-state index contributed by atoms with van der Waals surface area (Å²) in [4.78, 5) is 0. The van der Waals surface area contributed by atoms with Crippen molar-refractivity contribution in [1.29, 1.82) is 0 Å². The quantitative estimate of drug-likeness (QED) is 0.878. The average molecular weight is 270 g/mol. The third kappa shape index (κ3) is 2.75. The van der Waals surface area contributed by atoms with Crippen LogP contribution in [0, 0.1) is 5.82 Å². The molecule has 0 saturated carbocycles. The zero-order valence-electron chi connectivity index (χ0n) is 11.4. The molecule has 0 aliphatic heterocycles. The van der Waals surface area contributed by atoms with Gasteiger partial charge in [-0.15, -0.1) is 0 Å². The first kappa shape index (κ1) is 13.3. The van der Waals surface area contributed by atoms with Gasteiger partial charge in [0.05, 0.1) is 6.10 Å². The maximum atomic E-state index is 12.9. The lowest BCUT2D eigenvalue weighted by atomic mass is 9.79. The van der Waals surface area contributed by atoms with Crippen LogP contribution >= 0.6 is 0 Å². The van der Waals surface area contributed by atoms with E-state index in [0.717, 1.165) is 18.4 Å². The van der Waals surface area contributed by atoms with E-state index in [2.05, 4.69) is 24.3 Å². The predicted molar refractivity (Wildman–Crippen MR) is 78.1 cm³/mol. The summed E-state index contributed by atoms with van der Waals surface area (Å²) in [6.45, 7) is 0. The van der Waals surface area contributed by atoms with E-state index >= 15 is 0 Å². The standard InChI is InChI=1S/C18H19FO/c19-16-10-8-14(9-11-16)18(20)12-15-6-3-5-13-4-1-2-7-17(13)15/h1-2,4,7-11,15,18,20H,3,5-6,12H2. The van der Waals surface area contributed by atoms with Crippen molar-refractivity contribution in [2.45, 2.75) is 37.7 Å². The van der Waals surface area contributed by atoms with Crippen LogP contribution in [0.5, 0.6) is 0 Å². The molecule has 1 aliphatic carbocycles. The fraction of sp³-hybridized carbons (Fsp3) is 0.333. The SMILES string of the molecule is OC(CC1CCCc2ccccc21)c1ccc(F)cc1. The molecule has 2 heteroatoms. The van der Waals surface area contributed by atoms with Crippen molar-refractivity contribution in [2.24, 2.45) is 0 Å². The Bertz CT molecular complexity index is 576. The average Bonchev–Trinajstić information content (AvgIpc) is 2.48. The molecule has 104 valence electrons. The van der Waals surface area contributed by atoms with E-state index in [-0.39, 0.29) is 5.82 Å². The molecule has 2 atom stereocenters. The Balaban J connectivity index is 1.77. The lowest BCUT2D eigenvalue weighted by Crippen LogP contribution is -2.13. The van der Waals surface area contributed by atoms with Gasteiger partial charge in [-0.1, -0.05) is 36.4 Å². The van der Waals surface area contributed by atoms with E-state index in [9.17, 15) is 9.50 Å². The molecule has 0 amide bonds. The summed E-state index contributed by atoms with van der Waals surface area (Å²) < 4.78 is 12.9. The second-order valence-electron chi connectivity index (χ2n) is 5.59. The topological polar surface area (TPSA) is 20.2 Å². The number of aliphatic hydroxyl groups is 1. The van der Waals surface area contributed by atoms with Crippen LogP contribution in [0.25, 0.3) is 0 Å². The highest BCUT2D eigenvalue weighted by Gasteiger charge is 2.23. The molecule has 2 aromatic carbocycles. The van der Waals surface area contributed by atoms with Crippen LogP contribution in [0.15, 0.2) is 48.5 Å². The third-order valence-electron chi connectivity index (χ3n) is 4.26. The minimum absolute atomic E-state index is 0.260. The van der Waals surface area contributed by atoms with Crippen molar-refractivity contribution < 1.29 is 9.50 Å². The van der Waals surface area contributed by atoms with Gasteiger partial charge in [-0.05, 0) is 60.4 Å². The largest absolute Gasteiger partial charge is 0.388 e. The third-order valence-corrected chi connectivity index (χ3v) is 4.26. The lowest BCUT2D eigenvalue weighted by molar-refractivity contribution is 0.154. The van der Waals surface area contributed by atoms with Crippen LogP contribution in [-0.2, 0) is 6.42 Å². The number of fused-ring (bicyclic) bond motifs is 1. The number of aliphatic hydroxyl groups excluding tert-OH is 1. The number of rotatable bonds is 3. The molecule has 0 saturated heterocycles. The molecule has 2 unspecified atom stereocenters. The summed E-state index contributed by atoms with van der Waals surface area (Å²) in [7, 11) is 0. The van der Waals surface area contributed by atoms with Crippen LogP contribution < -0.4 is 0 Å². The first-order valence-electron chi connectivity index (χ1n) is 7.25. The van der Waals surface area contributed by atoms with Crippen molar-refractivity contribution in [3.8, 4) is 0 Å². The van der Waals surface area contributed by atoms with E-state index in [4.69, 9.17) is 0 Å². The first-order chi connectivity index (χ1) is 9.74. The summed E-state index contributed by atoms with van der Waals surface area (Å²) in [5.41, 5.74) is 3.59. The summed E-state index contributed by atoms with van der Waals surface area (Å²) in [5, 5.41) is 10.4. The van der Waals surface area contributed by atoms with Gasteiger partial charge >= 0.3 is 0 Å². The van der Waals surface area contributed by atoms with E-state index in [0.29, 0.717) is 12.3 Å². The minimum Gasteiger partial charge on any atom is -0.388 e. The highest BCUT2D eigenvalue weighted by atomic mass is 19.1. The molecule has 0 bridgehead atoms. The number of benzene rings is 2. The van der Waals surface area contributed by atoms with Gasteiger partial charge in [0.1, 0.15) is 5.82 Å². The van der Waals surface area contributed by atoms with Crippen LogP contribution in [0.2, 0.25) is 0 Å². The Kier molecular flexibility index (Phi) is 3.83. The molecule has 1 N–H and O–H groups in total. The Morgan fingerprint density at radius 1 is 1.10 bits per heavy atom. The summed E-state index contributed by atoms with van der Waals surface area (Å²) in [6, 6.07) is 14.7. The van der Waals surface area contributed by atoms with Crippen molar-refractivity contribution in [1.82, 2.24) is 0 Å². The van der Waals surface area contributed by atoms with Gasteiger partial charge in [-0.25, -0.2) is 4.39 Å². The van der Waals surface area contributed by atoms with Crippen molar-refractivity contribution in [3.05, 3.63) is 71.0 Å². The second-order valence-corrected chi connectivity index (χ2v) is 5.59. The molecule has 0 aromatic heterocycles. The van der Waals surface area contributed by atoms with Crippen molar-refractivity contribution >= 4 is 0 Å². The Hall–Kier alpha value is -1.67. The summed E-state index contributed by atoms with van der Waals surface area (Å²) >= 11 is 0. The van der Waals surface area contributed by atoms with Crippen LogP contribution in [0.1, 0.15) is 48.0 Å². The van der Waals surface area contributed by atoms with Gasteiger partial charge in [0.2, 0.25) is 0 Å². The molecule has 3 rings (SSSR count). The molecule has 1 nitrogen and oxygen atoms in total. The van der Waals surface area contributed by atoms with E-state index in [1.807, 2.05) is 0 Å². The van der Waals surface area contributed by atoms with Gasteiger partial charge in [0, 0.05) is 0 Å². The van der Waals surface area contributed by atoms with Gasteiger partial charge in [0.15, 0.2) is 0 Å². The maximum absolute atomic E-state index is 12.9. The fourth-order valence-electron chi connectivity index (χ4n) is 3.19. The Labute approximate surface area is 119 Å². The van der Waals surface area contributed by atoms with Crippen LogP contribution in [0.4, 0.5) is 4.39 Å². The monoisotopic (exact) mass is 270 g/mol. The highest BCUT2D eigenvalue weighted by molar-refractivity contribution is 5.33. The van der Waals surface area contributed by atoms with Crippen LogP contribution in [-0.4, -0.2) is 5.11 Å². The molecule has 0 heterocycles. The Morgan fingerprint density at radius 3 is 2.65 bits per heavy atom. The number of hydrogen-bond donors (Lipinski definition) is 1. The molecule has 0 spiro atoms. The highest BCUT2D eigenvalue weighted by Crippen LogP contribution is 2.37. The number of aryl methyl sites for hydroxylation is 1. The van der Waals surface area contributed by atoms with Crippen LogP contribution in [0.3, 0.4) is 0 Å². The normalized spacial score (nSPS) is 19.4. The van der Waals surface area contributed by atoms with Gasteiger partial charge in [0.25, 0.3) is 0 Å². The molecule has 2 aromatic rings. The number of halogens is 1. The second kappa shape index (κ2) is 5.76. The van der Waals surface area contributed by atoms with E-state index in [1.165, 1.54) is 29.7 Å². The molecule has 20 heavy (non-hydrogen) atoms. The smallest absolute Gasteiger partial charge is 0.123 e. The van der Waals surface area contributed by atoms with Crippen molar-refractivity contribution in [3.63, 3.8) is 0 Å². The van der Waals surface area contributed by atoms with Gasteiger partial charge in [-0.3, -0.25) is 0 Å². The summed E-state index contributed by atoms with van der Waals surface area (Å²) in [5.74, 6) is 0.143. The maximum Gasteiger partial charge on any atom is 0.123 e. The zero-order chi connectivity index (χ0) is 13.9. The first-order valence-corrected chi connectivity index (χ1v) is 7.25. The molecule has 0 radical (unpaired) electrons. The van der Waals surface area contributed by atoms with Gasteiger partial charge in [-0.2, -0.15) is 0 Å². The van der Waals surface area contributed by atoms with Crippen molar-refractivity contribution in [2.75, 3.05) is 0 Å². The minimum atomic E-state index is -0.522.